The van der Waals surface area contributed by atoms with Crippen molar-refractivity contribution in [1.82, 2.24) is 9.97 Å². The average molecular weight is 327 g/mol. The van der Waals surface area contributed by atoms with Crippen LogP contribution in [0.1, 0.15) is 11.4 Å². The number of hydrogen-bond acceptors (Lipinski definition) is 4. The van der Waals surface area contributed by atoms with E-state index in [0.29, 0.717) is 33.8 Å². The molecule has 1 heterocycles. The fourth-order valence-electron chi connectivity index (χ4n) is 2.85. The number of nitrogens with zero attached hydrogens (tertiary/aromatic N) is 2. The van der Waals surface area contributed by atoms with E-state index in [1.165, 1.54) is 0 Å². The molecule has 5 nitrogen and oxygen atoms in total. The summed E-state index contributed by atoms with van der Waals surface area (Å²) in [5, 5.41) is 11.1. The minimum atomic E-state index is -0.163. The highest BCUT2D eigenvalue weighted by atomic mass is 16.5. The maximum Gasteiger partial charge on any atom is 0.259 e. The Hall–Kier alpha value is -3.65. The van der Waals surface area contributed by atoms with Gasteiger partial charge in [-0.05, 0) is 54.8 Å². The lowest BCUT2D eigenvalue weighted by Crippen LogP contribution is -2.10. The Bertz CT molecular complexity index is 1200. The number of aromatic amines is 1. The van der Waals surface area contributed by atoms with Crippen molar-refractivity contribution in [2.45, 2.75) is 6.92 Å². The van der Waals surface area contributed by atoms with E-state index in [1.54, 1.807) is 31.2 Å². The molecule has 0 fully saturated rings. The van der Waals surface area contributed by atoms with Gasteiger partial charge in [-0.3, -0.25) is 4.79 Å². The second-order valence-electron chi connectivity index (χ2n) is 5.73. The van der Waals surface area contributed by atoms with Crippen molar-refractivity contribution in [3.05, 3.63) is 76.3 Å². The zero-order valence-corrected chi connectivity index (χ0v) is 13.4. The second kappa shape index (κ2) is 5.77. The van der Waals surface area contributed by atoms with Crippen molar-refractivity contribution in [1.29, 1.82) is 5.26 Å². The van der Waals surface area contributed by atoms with E-state index < -0.39 is 0 Å². The molecule has 4 rings (SSSR count). The quantitative estimate of drug-likeness (QED) is 0.563. The van der Waals surface area contributed by atoms with Gasteiger partial charge >= 0.3 is 0 Å². The Morgan fingerprint density at radius 1 is 1.04 bits per heavy atom. The van der Waals surface area contributed by atoms with Crippen molar-refractivity contribution in [3.8, 4) is 17.6 Å². The Morgan fingerprint density at radius 2 is 1.76 bits per heavy atom. The highest BCUT2D eigenvalue weighted by molar-refractivity contribution is 6.06. The summed E-state index contributed by atoms with van der Waals surface area (Å²) >= 11 is 0. The number of nitriles is 1. The molecule has 0 amide bonds. The average Bonchev–Trinajstić information content (AvgIpc) is 2.61. The first kappa shape index (κ1) is 14.9. The molecule has 0 bridgehead atoms. The van der Waals surface area contributed by atoms with E-state index in [2.05, 4.69) is 16.0 Å². The van der Waals surface area contributed by atoms with Crippen LogP contribution < -0.4 is 10.3 Å². The lowest BCUT2D eigenvalue weighted by molar-refractivity contribution is 0.483. The van der Waals surface area contributed by atoms with Gasteiger partial charge in [0.05, 0.1) is 22.5 Å². The molecule has 0 aliphatic rings. The second-order valence-corrected chi connectivity index (χ2v) is 5.73. The van der Waals surface area contributed by atoms with Crippen molar-refractivity contribution in [2.24, 2.45) is 0 Å². The maximum atomic E-state index is 12.4. The summed E-state index contributed by atoms with van der Waals surface area (Å²) in [5.41, 5.74) is 1.07. The Kier molecular flexibility index (Phi) is 3.44. The van der Waals surface area contributed by atoms with Crippen molar-refractivity contribution in [2.75, 3.05) is 0 Å². The van der Waals surface area contributed by atoms with Gasteiger partial charge in [0.25, 0.3) is 5.56 Å². The summed E-state index contributed by atoms with van der Waals surface area (Å²) in [6, 6.07) is 18.3. The molecular formula is C20H13N3O2. The van der Waals surface area contributed by atoms with Gasteiger partial charge in [-0.25, -0.2) is 4.98 Å². The molecular weight excluding hydrogens is 314 g/mol. The van der Waals surface area contributed by atoms with Crippen LogP contribution in [0.15, 0.2) is 59.4 Å². The number of aromatic nitrogens is 2. The zero-order valence-electron chi connectivity index (χ0n) is 13.4. The van der Waals surface area contributed by atoms with Crippen LogP contribution in [0.2, 0.25) is 0 Å². The molecule has 1 N–H and O–H groups in total. The lowest BCUT2D eigenvalue weighted by Gasteiger charge is -2.08. The first-order chi connectivity index (χ1) is 12.1. The van der Waals surface area contributed by atoms with Gasteiger partial charge in [-0.2, -0.15) is 5.26 Å². The lowest BCUT2D eigenvalue weighted by atomic mass is 10.1. The number of hydrogen-bond donors (Lipinski definition) is 1. The first-order valence-corrected chi connectivity index (χ1v) is 7.75. The smallest absolute Gasteiger partial charge is 0.259 e. The minimum Gasteiger partial charge on any atom is -0.457 e. The zero-order chi connectivity index (χ0) is 17.4. The summed E-state index contributed by atoms with van der Waals surface area (Å²) in [4.78, 5) is 19.5. The molecule has 4 aromatic rings. The van der Waals surface area contributed by atoms with Crippen LogP contribution in [0, 0.1) is 18.3 Å². The van der Waals surface area contributed by atoms with Gasteiger partial charge in [0, 0.05) is 5.39 Å². The topological polar surface area (TPSA) is 78.8 Å². The van der Waals surface area contributed by atoms with Crippen LogP contribution in [0.3, 0.4) is 0 Å². The third kappa shape index (κ3) is 2.70. The normalized spacial score (nSPS) is 10.7. The Labute approximate surface area is 143 Å². The molecule has 0 unspecified atom stereocenters. The summed E-state index contributed by atoms with van der Waals surface area (Å²) < 4.78 is 5.86. The number of benzene rings is 3. The van der Waals surface area contributed by atoms with Gasteiger partial charge in [0.2, 0.25) is 0 Å². The van der Waals surface area contributed by atoms with Gasteiger partial charge in [0.15, 0.2) is 0 Å². The molecule has 0 saturated heterocycles. The van der Waals surface area contributed by atoms with E-state index in [0.717, 1.165) is 10.8 Å². The number of fused-ring (bicyclic) bond motifs is 3. The molecule has 25 heavy (non-hydrogen) atoms. The third-order valence-electron chi connectivity index (χ3n) is 4.00. The number of H-pyrrole nitrogens is 1. The molecule has 120 valence electrons. The van der Waals surface area contributed by atoms with Crippen molar-refractivity contribution in [3.63, 3.8) is 0 Å². The third-order valence-corrected chi connectivity index (χ3v) is 4.00. The molecule has 5 heteroatoms. The van der Waals surface area contributed by atoms with E-state index in [9.17, 15) is 4.79 Å². The number of rotatable bonds is 2. The predicted octanol–water partition coefficient (Wildman–Crippen LogP) is 4.05. The summed E-state index contributed by atoms with van der Waals surface area (Å²) in [6.07, 6.45) is 0. The highest BCUT2D eigenvalue weighted by Crippen LogP contribution is 2.29. The highest BCUT2D eigenvalue weighted by Gasteiger charge is 2.08. The molecule has 3 aromatic carbocycles. The number of ether oxygens (including phenoxy) is 1. The van der Waals surface area contributed by atoms with Crippen LogP contribution >= 0.6 is 0 Å². The SMILES string of the molecule is Cc1nc2ccc3ccc(Oc4ccc(C#N)cc4)cc3c2c(=O)[nH]1. The molecule has 0 saturated carbocycles. The van der Waals surface area contributed by atoms with E-state index >= 15 is 0 Å². The van der Waals surface area contributed by atoms with Crippen LogP contribution in [0.25, 0.3) is 21.7 Å². The van der Waals surface area contributed by atoms with Crippen molar-refractivity contribution < 1.29 is 4.74 Å². The van der Waals surface area contributed by atoms with Crippen LogP contribution in [-0.4, -0.2) is 9.97 Å². The largest absolute Gasteiger partial charge is 0.457 e. The Morgan fingerprint density at radius 3 is 2.52 bits per heavy atom. The Balaban J connectivity index is 1.84. The molecule has 0 radical (unpaired) electrons. The van der Waals surface area contributed by atoms with Gasteiger partial charge < -0.3 is 9.72 Å². The van der Waals surface area contributed by atoms with E-state index in [-0.39, 0.29) is 5.56 Å². The molecule has 0 aliphatic carbocycles. The number of aryl methyl sites for hydroxylation is 1. The van der Waals surface area contributed by atoms with Crippen LogP contribution in [0.5, 0.6) is 11.5 Å². The summed E-state index contributed by atoms with van der Waals surface area (Å²) in [5.74, 6) is 1.83. The summed E-state index contributed by atoms with van der Waals surface area (Å²) in [6.45, 7) is 1.76. The molecule has 0 aliphatic heterocycles. The van der Waals surface area contributed by atoms with Gasteiger partial charge in [0.1, 0.15) is 17.3 Å². The fourth-order valence-corrected chi connectivity index (χ4v) is 2.85. The number of nitrogens with one attached hydrogen (secondary N) is 1. The van der Waals surface area contributed by atoms with E-state index in [1.807, 2.05) is 30.3 Å². The molecule has 0 spiro atoms. The van der Waals surface area contributed by atoms with Crippen LogP contribution in [-0.2, 0) is 0 Å². The molecule has 0 atom stereocenters. The van der Waals surface area contributed by atoms with Crippen molar-refractivity contribution >= 4 is 21.7 Å². The predicted molar refractivity (Wildman–Crippen MR) is 95.8 cm³/mol. The summed E-state index contributed by atoms with van der Waals surface area (Å²) in [7, 11) is 0. The van der Waals surface area contributed by atoms with Crippen LogP contribution in [0.4, 0.5) is 0 Å². The van der Waals surface area contributed by atoms with Gasteiger partial charge in [-0.15, -0.1) is 0 Å². The van der Waals surface area contributed by atoms with E-state index in [4.69, 9.17) is 10.00 Å². The monoisotopic (exact) mass is 327 g/mol. The fraction of sp³-hybridized carbons (Fsp3) is 0.0500. The maximum absolute atomic E-state index is 12.4. The first-order valence-electron chi connectivity index (χ1n) is 7.75. The standard InChI is InChI=1S/C20H13N3O2/c1-12-22-18-9-5-14-4-8-16(10-17(14)19(18)20(24)23-12)25-15-6-2-13(11-21)3-7-15/h2-10H,1H3,(H,22,23,24). The molecule has 1 aromatic heterocycles. The minimum absolute atomic E-state index is 0.163. The van der Waals surface area contributed by atoms with Gasteiger partial charge in [-0.1, -0.05) is 12.1 Å².